The topological polar surface area (TPSA) is 75.2 Å². The van der Waals surface area contributed by atoms with Gasteiger partial charge in [0.05, 0.1) is 19.9 Å². The third kappa shape index (κ3) is 1.80. The average molecular weight is 355 g/mol. The molecule has 0 aromatic heterocycles. The second-order valence-corrected chi connectivity index (χ2v) is 6.39. The predicted octanol–water partition coefficient (Wildman–Crippen LogP) is 2.11. The number of carbonyl (C=O) groups is 1. The van der Waals surface area contributed by atoms with Crippen LogP contribution < -0.4 is 29.0 Å². The number of nitrogens with one attached hydrogen (secondary N) is 1. The molecule has 3 aliphatic heterocycles. The summed E-state index contributed by atoms with van der Waals surface area (Å²) in [6.07, 6.45) is 0. The van der Waals surface area contributed by atoms with Crippen molar-refractivity contribution in [1.29, 1.82) is 0 Å². The third-order valence-electron chi connectivity index (χ3n) is 5.14. The normalized spacial score (nSPS) is 21.7. The van der Waals surface area contributed by atoms with E-state index >= 15 is 0 Å². The Bertz CT molecular complexity index is 940. The molecule has 2 aromatic carbocycles. The Morgan fingerprint density at radius 1 is 0.962 bits per heavy atom. The van der Waals surface area contributed by atoms with E-state index in [0.717, 1.165) is 11.1 Å². The number of amides is 1. The molecular weight excluding hydrogens is 338 g/mol. The van der Waals surface area contributed by atoms with Crippen LogP contribution in [-0.4, -0.2) is 39.9 Å². The van der Waals surface area contributed by atoms with Gasteiger partial charge in [0.2, 0.25) is 5.91 Å². The Kier molecular flexibility index (Phi) is 3.04. The summed E-state index contributed by atoms with van der Waals surface area (Å²) in [6, 6.07) is 7.20. The zero-order valence-corrected chi connectivity index (χ0v) is 14.4. The van der Waals surface area contributed by atoms with E-state index < -0.39 is 5.41 Å². The maximum Gasteiger partial charge on any atom is 0.243 e. The lowest BCUT2D eigenvalue weighted by Gasteiger charge is -2.24. The summed E-state index contributed by atoms with van der Waals surface area (Å²) in [5.74, 6) is 2.90. The van der Waals surface area contributed by atoms with Crippen molar-refractivity contribution in [2.45, 2.75) is 5.41 Å². The fourth-order valence-corrected chi connectivity index (χ4v) is 3.93. The number of benzene rings is 2. The van der Waals surface area contributed by atoms with Crippen molar-refractivity contribution in [3.8, 4) is 28.7 Å². The van der Waals surface area contributed by atoms with Gasteiger partial charge >= 0.3 is 0 Å². The van der Waals surface area contributed by atoms with Gasteiger partial charge < -0.3 is 29.0 Å². The molecule has 7 heteroatoms. The van der Waals surface area contributed by atoms with Gasteiger partial charge in [-0.15, -0.1) is 0 Å². The van der Waals surface area contributed by atoms with Crippen LogP contribution >= 0.6 is 0 Å². The number of carbonyl (C=O) groups excluding carboxylic acids is 1. The Labute approximate surface area is 149 Å². The lowest BCUT2D eigenvalue weighted by molar-refractivity contribution is -0.119. The van der Waals surface area contributed by atoms with Crippen molar-refractivity contribution < 1.29 is 28.5 Å². The lowest BCUT2D eigenvalue weighted by atomic mass is 9.76. The smallest absolute Gasteiger partial charge is 0.243 e. The molecule has 26 heavy (non-hydrogen) atoms. The molecule has 2 aromatic rings. The second kappa shape index (κ2) is 5.20. The first-order valence-corrected chi connectivity index (χ1v) is 8.32. The molecule has 1 unspecified atom stereocenters. The monoisotopic (exact) mass is 355 g/mol. The van der Waals surface area contributed by atoms with E-state index in [1.165, 1.54) is 0 Å². The standard InChI is InChI=1S/C19H17NO6/c1-22-10-5-12-17(16(6-10)23-2)19(18(21)20-12)9-26-13-8-15-14(7-11(13)19)24-3-4-25-15/h5-8H,3-4,9H2,1-2H3,(H,20,21). The van der Waals surface area contributed by atoms with Crippen molar-refractivity contribution >= 4 is 11.6 Å². The molecule has 0 fully saturated rings. The van der Waals surface area contributed by atoms with Gasteiger partial charge in [-0.05, 0) is 6.07 Å². The van der Waals surface area contributed by atoms with Crippen LogP contribution in [0.25, 0.3) is 0 Å². The van der Waals surface area contributed by atoms with Gasteiger partial charge in [0.25, 0.3) is 0 Å². The molecule has 0 bridgehead atoms. The fraction of sp³-hybridized carbons (Fsp3) is 0.316. The molecule has 3 heterocycles. The van der Waals surface area contributed by atoms with Crippen LogP contribution in [0.5, 0.6) is 28.7 Å². The molecular formula is C19H17NO6. The zero-order chi connectivity index (χ0) is 17.9. The van der Waals surface area contributed by atoms with Crippen LogP contribution in [0.2, 0.25) is 0 Å². The van der Waals surface area contributed by atoms with Crippen LogP contribution in [0.1, 0.15) is 11.1 Å². The molecule has 0 radical (unpaired) electrons. The maximum absolute atomic E-state index is 13.1. The summed E-state index contributed by atoms with van der Waals surface area (Å²) in [6.45, 7) is 1.16. The summed E-state index contributed by atoms with van der Waals surface area (Å²) in [4.78, 5) is 13.1. The Morgan fingerprint density at radius 2 is 1.73 bits per heavy atom. The summed E-state index contributed by atoms with van der Waals surface area (Å²) in [7, 11) is 3.15. The predicted molar refractivity (Wildman–Crippen MR) is 91.9 cm³/mol. The minimum atomic E-state index is -0.988. The Balaban J connectivity index is 1.75. The second-order valence-electron chi connectivity index (χ2n) is 6.39. The van der Waals surface area contributed by atoms with Gasteiger partial charge in [-0.2, -0.15) is 0 Å². The van der Waals surface area contributed by atoms with Crippen molar-refractivity contribution in [3.05, 3.63) is 35.4 Å². The number of anilines is 1. The van der Waals surface area contributed by atoms with E-state index in [1.807, 2.05) is 6.07 Å². The van der Waals surface area contributed by atoms with Crippen molar-refractivity contribution in [1.82, 2.24) is 0 Å². The van der Waals surface area contributed by atoms with Crippen molar-refractivity contribution in [2.24, 2.45) is 0 Å². The average Bonchev–Trinajstić information content (AvgIpc) is 3.18. The van der Waals surface area contributed by atoms with Gasteiger partial charge in [0.1, 0.15) is 42.5 Å². The Hall–Kier alpha value is -3.09. The van der Waals surface area contributed by atoms with E-state index in [-0.39, 0.29) is 12.5 Å². The van der Waals surface area contributed by atoms with E-state index in [9.17, 15) is 4.79 Å². The first kappa shape index (κ1) is 15.2. The number of rotatable bonds is 2. The molecule has 0 saturated heterocycles. The molecule has 1 spiro atoms. The summed E-state index contributed by atoms with van der Waals surface area (Å²) in [5.41, 5.74) is 1.18. The number of ether oxygens (including phenoxy) is 5. The zero-order valence-electron chi connectivity index (χ0n) is 14.4. The molecule has 1 N–H and O–H groups in total. The molecule has 134 valence electrons. The Morgan fingerprint density at radius 3 is 2.46 bits per heavy atom. The van der Waals surface area contributed by atoms with E-state index in [1.54, 1.807) is 32.4 Å². The van der Waals surface area contributed by atoms with Gasteiger partial charge in [0, 0.05) is 29.3 Å². The quantitative estimate of drug-likeness (QED) is 0.889. The molecule has 1 atom stereocenters. The highest BCUT2D eigenvalue weighted by atomic mass is 16.6. The maximum atomic E-state index is 13.1. The van der Waals surface area contributed by atoms with Gasteiger partial charge in [-0.1, -0.05) is 0 Å². The molecule has 0 aliphatic carbocycles. The molecule has 5 rings (SSSR count). The highest BCUT2D eigenvalue weighted by Crippen LogP contribution is 2.56. The fourth-order valence-electron chi connectivity index (χ4n) is 3.93. The molecule has 3 aliphatic rings. The van der Waals surface area contributed by atoms with Crippen LogP contribution in [0.15, 0.2) is 24.3 Å². The highest BCUT2D eigenvalue weighted by Gasteiger charge is 2.56. The third-order valence-corrected chi connectivity index (χ3v) is 5.14. The number of hydrogen-bond acceptors (Lipinski definition) is 6. The summed E-state index contributed by atoms with van der Waals surface area (Å²) >= 11 is 0. The van der Waals surface area contributed by atoms with E-state index in [0.29, 0.717) is 47.6 Å². The molecule has 1 amide bonds. The summed E-state index contributed by atoms with van der Waals surface area (Å²) < 4.78 is 28.1. The van der Waals surface area contributed by atoms with Crippen LogP contribution in [0.4, 0.5) is 5.69 Å². The molecule has 0 saturated carbocycles. The van der Waals surface area contributed by atoms with E-state index in [4.69, 9.17) is 23.7 Å². The molecule has 7 nitrogen and oxygen atoms in total. The number of hydrogen-bond donors (Lipinski definition) is 1. The highest BCUT2D eigenvalue weighted by molar-refractivity contribution is 6.11. The van der Waals surface area contributed by atoms with E-state index in [2.05, 4.69) is 5.32 Å². The van der Waals surface area contributed by atoms with Crippen molar-refractivity contribution in [2.75, 3.05) is 39.4 Å². The van der Waals surface area contributed by atoms with Gasteiger partial charge in [-0.3, -0.25) is 4.79 Å². The largest absolute Gasteiger partial charge is 0.497 e. The summed E-state index contributed by atoms with van der Waals surface area (Å²) in [5, 5.41) is 2.95. The van der Waals surface area contributed by atoms with Crippen molar-refractivity contribution in [3.63, 3.8) is 0 Å². The minimum Gasteiger partial charge on any atom is -0.497 e. The van der Waals surface area contributed by atoms with Gasteiger partial charge in [-0.25, -0.2) is 0 Å². The van der Waals surface area contributed by atoms with Crippen LogP contribution in [0, 0.1) is 0 Å². The SMILES string of the molecule is COc1cc2c(c(OC)c1)C1(COc3cc4c(cc31)OCCO4)C(=O)N2. The first-order chi connectivity index (χ1) is 12.7. The lowest BCUT2D eigenvalue weighted by Crippen LogP contribution is -2.37. The van der Waals surface area contributed by atoms with Crippen LogP contribution in [-0.2, 0) is 10.2 Å². The van der Waals surface area contributed by atoms with Crippen LogP contribution in [0.3, 0.4) is 0 Å². The van der Waals surface area contributed by atoms with Gasteiger partial charge in [0.15, 0.2) is 11.5 Å². The number of methoxy groups -OCH3 is 2. The number of fused-ring (bicyclic) bond motifs is 5. The minimum absolute atomic E-state index is 0.158. The first-order valence-electron chi connectivity index (χ1n) is 8.32.